The SMILES string of the molecule is CN(Cc1ccsc1)C(=O)CSc1ccc(S(=O)(=O)N2CCCC2)cn1. The average molecular weight is 412 g/mol. The summed E-state index contributed by atoms with van der Waals surface area (Å²) >= 11 is 2.92. The maximum absolute atomic E-state index is 12.5. The number of hydrogen-bond acceptors (Lipinski definition) is 6. The summed E-state index contributed by atoms with van der Waals surface area (Å²) in [7, 11) is -1.66. The lowest BCUT2D eigenvalue weighted by Gasteiger charge is -2.16. The third-order valence-corrected chi connectivity index (χ3v) is 7.72. The van der Waals surface area contributed by atoms with Crippen molar-refractivity contribution in [3.63, 3.8) is 0 Å². The van der Waals surface area contributed by atoms with E-state index in [4.69, 9.17) is 0 Å². The molecule has 0 saturated carbocycles. The van der Waals surface area contributed by atoms with Gasteiger partial charge in [0.05, 0.1) is 10.8 Å². The van der Waals surface area contributed by atoms with E-state index in [1.54, 1.807) is 35.4 Å². The summed E-state index contributed by atoms with van der Waals surface area (Å²) in [5.74, 6) is 0.281. The first-order chi connectivity index (χ1) is 12.5. The topological polar surface area (TPSA) is 70.6 Å². The van der Waals surface area contributed by atoms with Crippen LogP contribution in [0.4, 0.5) is 0 Å². The molecule has 1 fully saturated rings. The van der Waals surface area contributed by atoms with E-state index in [1.165, 1.54) is 22.3 Å². The van der Waals surface area contributed by atoms with Crippen LogP contribution < -0.4 is 0 Å². The quantitative estimate of drug-likeness (QED) is 0.655. The van der Waals surface area contributed by atoms with Gasteiger partial charge in [0.25, 0.3) is 0 Å². The smallest absolute Gasteiger partial charge is 0.244 e. The number of aromatic nitrogens is 1. The van der Waals surface area contributed by atoms with Crippen molar-refractivity contribution in [2.45, 2.75) is 29.3 Å². The van der Waals surface area contributed by atoms with E-state index in [0.717, 1.165) is 18.4 Å². The first-order valence-electron chi connectivity index (χ1n) is 8.31. The summed E-state index contributed by atoms with van der Waals surface area (Å²) in [4.78, 5) is 18.3. The number of nitrogens with zero attached hydrogens (tertiary/aromatic N) is 3. The number of sulfonamides is 1. The van der Waals surface area contributed by atoms with Crippen molar-refractivity contribution < 1.29 is 13.2 Å². The Hall–Kier alpha value is -1.42. The molecular formula is C17H21N3O3S3. The van der Waals surface area contributed by atoms with Crippen LogP contribution >= 0.6 is 23.1 Å². The standard InChI is InChI=1S/C17H21N3O3S3/c1-19(11-14-6-9-24-12-14)17(21)13-25-16-5-4-15(10-18-16)26(22,23)20-7-2-3-8-20/h4-6,9-10,12H,2-3,7-8,11,13H2,1H3. The fraction of sp³-hybridized carbons (Fsp3) is 0.412. The Morgan fingerprint density at radius 2 is 2.08 bits per heavy atom. The zero-order chi connectivity index (χ0) is 18.6. The van der Waals surface area contributed by atoms with Gasteiger partial charge in [0, 0.05) is 32.9 Å². The lowest BCUT2D eigenvalue weighted by Crippen LogP contribution is -2.28. The zero-order valence-electron chi connectivity index (χ0n) is 14.5. The maximum Gasteiger partial charge on any atom is 0.244 e. The minimum Gasteiger partial charge on any atom is -0.341 e. The maximum atomic E-state index is 12.5. The van der Waals surface area contributed by atoms with E-state index in [2.05, 4.69) is 4.98 Å². The highest BCUT2D eigenvalue weighted by Gasteiger charge is 2.27. The van der Waals surface area contributed by atoms with Gasteiger partial charge in [-0.3, -0.25) is 4.79 Å². The molecule has 3 rings (SSSR count). The van der Waals surface area contributed by atoms with Crippen LogP contribution in [0.5, 0.6) is 0 Å². The highest BCUT2D eigenvalue weighted by atomic mass is 32.2. The van der Waals surface area contributed by atoms with Crippen molar-refractivity contribution in [3.8, 4) is 0 Å². The van der Waals surface area contributed by atoms with Crippen LogP contribution in [0.1, 0.15) is 18.4 Å². The molecule has 1 saturated heterocycles. The van der Waals surface area contributed by atoms with Crippen LogP contribution in [-0.2, 0) is 21.4 Å². The van der Waals surface area contributed by atoms with Gasteiger partial charge in [-0.1, -0.05) is 11.8 Å². The molecule has 2 aromatic heterocycles. The van der Waals surface area contributed by atoms with Crippen molar-refractivity contribution in [1.82, 2.24) is 14.2 Å². The van der Waals surface area contributed by atoms with E-state index in [0.29, 0.717) is 24.7 Å². The molecule has 0 unspecified atom stereocenters. The van der Waals surface area contributed by atoms with Crippen molar-refractivity contribution in [3.05, 3.63) is 40.7 Å². The Bertz CT molecular complexity index is 830. The van der Waals surface area contributed by atoms with E-state index in [-0.39, 0.29) is 16.6 Å². The zero-order valence-corrected chi connectivity index (χ0v) is 16.9. The number of pyridine rings is 1. The van der Waals surface area contributed by atoms with Crippen molar-refractivity contribution in [2.75, 3.05) is 25.9 Å². The fourth-order valence-electron chi connectivity index (χ4n) is 2.67. The van der Waals surface area contributed by atoms with Crippen LogP contribution in [0, 0.1) is 0 Å². The molecule has 0 bridgehead atoms. The molecule has 9 heteroatoms. The third-order valence-electron chi connectivity index (χ3n) is 4.18. The molecule has 2 aromatic rings. The number of thiophene rings is 1. The van der Waals surface area contributed by atoms with E-state index >= 15 is 0 Å². The van der Waals surface area contributed by atoms with Gasteiger partial charge in [-0.15, -0.1) is 0 Å². The van der Waals surface area contributed by atoms with Crippen LogP contribution in [0.25, 0.3) is 0 Å². The Morgan fingerprint density at radius 1 is 1.31 bits per heavy atom. The lowest BCUT2D eigenvalue weighted by atomic mass is 10.3. The van der Waals surface area contributed by atoms with Gasteiger partial charge in [0.15, 0.2) is 0 Å². The molecular weight excluding hydrogens is 390 g/mol. The summed E-state index contributed by atoms with van der Waals surface area (Å²) in [5.41, 5.74) is 1.12. The first kappa shape index (κ1) is 19.3. The summed E-state index contributed by atoms with van der Waals surface area (Å²) in [5, 5.41) is 4.66. The second kappa shape index (κ2) is 8.51. The van der Waals surface area contributed by atoms with Gasteiger partial charge >= 0.3 is 0 Å². The van der Waals surface area contributed by atoms with Crippen molar-refractivity contribution in [1.29, 1.82) is 0 Å². The number of rotatable bonds is 7. The van der Waals surface area contributed by atoms with Gasteiger partial charge in [-0.05, 0) is 47.4 Å². The molecule has 1 aliphatic rings. The van der Waals surface area contributed by atoms with Crippen molar-refractivity contribution >= 4 is 39.0 Å². The summed E-state index contributed by atoms with van der Waals surface area (Å²) in [6, 6.07) is 5.24. The number of carbonyl (C=O) groups is 1. The second-order valence-corrected chi connectivity index (χ2v) is 9.83. The van der Waals surface area contributed by atoms with Gasteiger partial charge in [-0.2, -0.15) is 15.6 Å². The van der Waals surface area contributed by atoms with Crippen LogP contribution in [0.3, 0.4) is 0 Å². The molecule has 0 aromatic carbocycles. The summed E-state index contributed by atoms with van der Waals surface area (Å²) < 4.78 is 26.4. The normalized spacial score (nSPS) is 15.3. The van der Waals surface area contributed by atoms with E-state index in [9.17, 15) is 13.2 Å². The predicted molar refractivity (Wildman–Crippen MR) is 104 cm³/mol. The Morgan fingerprint density at radius 3 is 2.69 bits per heavy atom. The molecule has 140 valence electrons. The van der Waals surface area contributed by atoms with E-state index in [1.807, 2.05) is 16.8 Å². The molecule has 0 atom stereocenters. The Kier molecular flexibility index (Phi) is 6.33. The molecule has 6 nitrogen and oxygen atoms in total. The molecule has 0 aliphatic carbocycles. The minimum absolute atomic E-state index is 0.0109. The molecule has 0 N–H and O–H groups in total. The lowest BCUT2D eigenvalue weighted by molar-refractivity contribution is -0.127. The second-order valence-electron chi connectivity index (χ2n) is 6.11. The molecule has 26 heavy (non-hydrogen) atoms. The average Bonchev–Trinajstić information content (AvgIpc) is 3.34. The number of hydrogen-bond donors (Lipinski definition) is 0. The van der Waals surface area contributed by atoms with Gasteiger partial charge in [0.1, 0.15) is 4.90 Å². The van der Waals surface area contributed by atoms with Gasteiger partial charge < -0.3 is 4.90 Å². The summed E-state index contributed by atoms with van der Waals surface area (Å²) in [6.07, 6.45) is 3.19. The van der Waals surface area contributed by atoms with Crippen LogP contribution in [0.2, 0.25) is 0 Å². The molecule has 1 aliphatic heterocycles. The molecule has 1 amide bonds. The third kappa shape index (κ3) is 4.64. The van der Waals surface area contributed by atoms with Crippen LogP contribution in [0.15, 0.2) is 45.1 Å². The number of carbonyl (C=O) groups excluding carboxylic acids is 1. The Labute approximate surface area is 162 Å². The predicted octanol–water partition coefficient (Wildman–Crippen LogP) is 2.68. The summed E-state index contributed by atoms with van der Waals surface area (Å²) in [6.45, 7) is 1.73. The molecule has 0 radical (unpaired) electrons. The number of thioether (sulfide) groups is 1. The first-order valence-corrected chi connectivity index (χ1v) is 11.7. The largest absolute Gasteiger partial charge is 0.341 e. The van der Waals surface area contributed by atoms with Crippen LogP contribution in [-0.4, -0.2) is 54.4 Å². The molecule has 0 spiro atoms. The van der Waals surface area contributed by atoms with Crippen molar-refractivity contribution in [2.24, 2.45) is 0 Å². The highest BCUT2D eigenvalue weighted by molar-refractivity contribution is 7.99. The monoisotopic (exact) mass is 411 g/mol. The minimum atomic E-state index is -3.44. The molecule has 3 heterocycles. The Balaban J connectivity index is 1.55. The van der Waals surface area contributed by atoms with Gasteiger partial charge in [0.2, 0.25) is 15.9 Å². The van der Waals surface area contributed by atoms with E-state index < -0.39 is 10.0 Å². The van der Waals surface area contributed by atoms with Gasteiger partial charge in [-0.25, -0.2) is 13.4 Å². The number of amides is 1. The fourth-order valence-corrected chi connectivity index (χ4v) is 5.58. The highest BCUT2D eigenvalue weighted by Crippen LogP contribution is 2.23.